The standard InChI is InChI=1S/C10H14O2/c1-2-3-4-6-10(9(11)12)7-5-8-10/h4-8H2,1H3,(H,11,12). The van der Waals surface area contributed by atoms with Crippen molar-refractivity contribution in [3.05, 3.63) is 0 Å². The van der Waals surface area contributed by atoms with E-state index in [4.69, 9.17) is 5.11 Å². The third kappa shape index (κ3) is 1.61. The molecule has 1 rings (SSSR count). The molecule has 0 radical (unpaired) electrons. The van der Waals surface area contributed by atoms with Crippen LogP contribution in [0, 0.1) is 17.3 Å². The predicted octanol–water partition coefficient (Wildman–Crippen LogP) is 2.04. The molecule has 0 unspecified atom stereocenters. The maximum Gasteiger partial charge on any atom is 0.309 e. The molecule has 0 heterocycles. The molecule has 0 aromatic carbocycles. The van der Waals surface area contributed by atoms with Crippen LogP contribution in [0.4, 0.5) is 0 Å². The Morgan fingerprint density at radius 3 is 2.58 bits per heavy atom. The van der Waals surface area contributed by atoms with Crippen LogP contribution in [-0.2, 0) is 4.79 Å². The fraction of sp³-hybridized carbons (Fsp3) is 0.700. The summed E-state index contributed by atoms with van der Waals surface area (Å²) < 4.78 is 0. The molecule has 1 aliphatic carbocycles. The molecule has 0 bridgehead atoms. The maximum absolute atomic E-state index is 10.8. The minimum atomic E-state index is -0.633. The predicted molar refractivity (Wildman–Crippen MR) is 46.6 cm³/mol. The van der Waals surface area contributed by atoms with Gasteiger partial charge < -0.3 is 5.11 Å². The average Bonchev–Trinajstić information content (AvgIpc) is 1.94. The van der Waals surface area contributed by atoms with Gasteiger partial charge in [0, 0.05) is 6.42 Å². The zero-order chi connectivity index (χ0) is 9.03. The van der Waals surface area contributed by atoms with E-state index in [1.165, 1.54) is 0 Å². The summed E-state index contributed by atoms with van der Waals surface area (Å²) in [5.41, 5.74) is -0.413. The molecule has 66 valence electrons. The van der Waals surface area contributed by atoms with Crippen molar-refractivity contribution in [3.8, 4) is 11.8 Å². The van der Waals surface area contributed by atoms with Crippen LogP contribution in [0.5, 0.6) is 0 Å². The first-order chi connectivity index (χ1) is 5.71. The lowest BCUT2D eigenvalue weighted by molar-refractivity contribution is -0.154. The van der Waals surface area contributed by atoms with Crippen molar-refractivity contribution in [2.45, 2.75) is 39.0 Å². The lowest BCUT2D eigenvalue weighted by Gasteiger charge is -2.37. The first-order valence-corrected chi connectivity index (χ1v) is 4.34. The van der Waals surface area contributed by atoms with Crippen LogP contribution in [0.1, 0.15) is 39.0 Å². The number of hydrogen-bond donors (Lipinski definition) is 1. The third-order valence-corrected chi connectivity index (χ3v) is 2.67. The number of carboxylic acids is 1. The SMILES string of the molecule is CC#CCCC1(C(=O)O)CCC1. The number of rotatable bonds is 3. The van der Waals surface area contributed by atoms with E-state index in [1.807, 2.05) is 0 Å². The molecule has 1 saturated carbocycles. The molecule has 0 aromatic heterocycles. The molecule has 2 nitrogen and oxygen atoms in total. The van der Waals surface area contributed by atoms with E-state index in [2.05, 4.69) is 11.8 Å². The van der Waals surface area contributed by atoms with E-state index in [0.29, 0.717) is 0 Å². The Morgan fingerprint density at radius 2 is 2.25 bits per heavy atom. The summed E-state index contributed by atoms with van der Waals surface area (Å²) in [7, 11) is 0. The highest BCUT2D eigenvalue weighted by Crippen LogP contribution is 2.44. The van der Waals surface area contributed by atoms with Crippen molar-refractivity contribution in [1.82, 2.24) is 0 Å². The molecular weight excluding hydrogens is 152 g/mol. The Hall–Kier alpha value is -0.970. The molecule has 1 fully saturated rings. The summed E-state index contributed by atoms with van der Waals surface area (Å²) in [6.45, 7) is 1.79. The number of carboxylic acid groups (broad SMARTS) is 1. The average molecular weight is 166 g/mol. The highest BCUT2D eigenvalue weighted by atomic mass is 16.4. The Balaban J connectivity index is 2.43. The number of hydrogen-bond acceptors (Lipinski definition) is 1. The molecule has 0 saturated heterocycles. The molecule has 2 heteroatoms. The molecular formula is C10H14O2. The third-order valence-electron chi connectivity index (χ3n) is 2.67. The van der Waals surface area contributed by atoms with Crippen LogP contribution in [-0.4, -0.2) is 11.1 Å². The van der Waals surface area contributed by atoms with Gasteiger partial charge in [0.15, 0.2) is 0 Å². The first kappa shape index (κ1) is 9.12. The van der Waals surface area contributed by atoms with Crippen LogP contribution >= 0.6 is 0 Å². The fourth-order valence-electron chi connectivity index (χ4n) is 1.60. The molecule has 1 aliphatic rings. The van der Waals surface area contributed by atoms with Gasteiger partial charge in [-0.25, -0.2) is 0 Å². The van der Waals surface area contributed by atoms with Gasteiger partial charge >= 0.3 is 5.97 Å². The highest BCUT2D eigenvalue weighted by molar-refractivity contribution is 5.75. The van der Waals surface area contributed by atoms with Gasteiger partial charge in [-0.15, -0.1) is 11.8 Å². The first-order valence-electron chi connectivity index (χ1n) is 4.34. The summed E-state index contributed by atoms with van der Waals surface area (Å²) >= 11 is 0. The van der Waals surface area contributed by atoms with E-state index >= 15 is 0 Å². The van der Waals surface area contributed by atoms with Crippen LogP contribution in [0.15, 0.2) is 0 Å². The summed E-state index contributed by atoms with van der Waals surface area (Å²) in [6, 6.07) is 0. The summed E-state index contributed by atoms with van der Waals surface area (Å²) in [6.07, 6.45) is 4.19. The molecule has 0 spiro atoms. The molecule has 0 aliphatic heterocycles. The number of carbonyl (C=O) groups is 1. The van der Waals surface area contributed by atoms with Gasteiger partial charge in [0.2, 0.25) is 0 Å². The monoisotopic (exact) mass is 166 g/mol. The molecule has 1 N–H and O–H groups in total. The molecule has 0 aromatic rings. The van der Waals surface area contributed by atoms with E-state index in [0.717, 1.165) is 32.1 Å². The van der Waals surface area contributed by atoms with E-state index < -0.39 is 11.4 Å². The summed E-state index contributed by atoms with van der Waals surface area (Å²) in [5, 5.41) is 8.93. The molecule has 12 heavy (non-hydrogen) atoms. The van der Waals surface area contributed by atoms with Crippen molar-refractivity contribution >= 4 is 5.97 Å². The van der Waals surface area contributed by atoms with Crippen molar-refractivity contribution in [2.75, 3.05) is 0 Å². The van der Waals surface area contributed by atoms with Gasteiger partial charge in [0.05, 0.1) is 5.41 Å². The van der Waals surface area contributed by atoms with Crippen LogP contribution < -0.4 is 0 Å². The normalized spacial score (nSPS) is 18.8. The summed E-state index contributed by atoms with van der Waals surface area (Å²) in [5.74, 6) is 5.07. The van der Waals surface area contributed by atoms with Gasteiger partial charge in [0.1, 0.15) is 0 Å². The highest BCUT2D eigenvalue weighted by Gasteiger charge is 2.43. The number of aliphatic carboxylic acids is 1. The molecule has 0 amide bonds. The van der Waals surface area contributed by atoms with E-state index in [1.54, 1.807) is 6.92 Å². The van der Waals surface area contributed by atoms with Crippen molar-refractivity contribution < 1.29 is 9.90 Å². The fourth-order valence-corrected chi connectivity index (χ4v) is 1.60. The topological polar surface area (TPSA) is 37.3 Å². The quantitative estimate of drug-likeness (QED) is 0.651. The van der Waals surface area contributed by atoms with Crippen LogP contribution in [0.3, 0.4) is 0 Å². The van der Waals surface area contributed by atoms with Crippen molar-refractivity contribution in [1.29, 1.82) is 0 Å². The lowest BCUT2D eigenvalue weighted by Crippen LogP contribution is -2.37. The van der Waals surface area contributed by atoms with Gasteiger partial charge in [-0.2, -0.15) is 0 Å². The minimum absolute atomic E-state index is 0.413. The van der Waals surface area contributed by atoms with E-state index in [-0.39, 0.29) is 0 Å². The Bertz CT molecular complexity index is 228. The van der Waals surface area contributed by atoms with Gasteiger partial charge in [0.25, 0.3) is 0 Å². The summed E-state index contributed by atoms with van der Waals surface area (Å²) in [4.78, 5) is 10.8. The van der Waals surface area contributed by atoms with Crippen LogP contribution in [0.2, 0.25) is 0 Å². The minimum Gasteiger partial charge on any atom is -0.481 e. The van der Waals surface area contributed by atoms with Crippen LogP contribution in [0.25, 0.3) is 0 Å². The Morgan fingerprint density at radius 1 is 1.58 bits per heavy atom. The van der Waals surface area contributed by atoms with Crippen molar-refractivity contribution in [2.24, 2.45) is 5.41 Å². The smallest absolute Gasteiger partial charge is 0.309 e. The van der Waals surface area contributed by atoms with Crippen molar-refractivity contribution in [3.63, 3.8) is 0 Å². The molecule has 0 atom stereocenters. The van der Waals surface area contributed by atoms with E-state index in [9.17, 15) is 4.79 Å². The van der Waals surface area contributed by atoms with Gasteiger partial charge in [-0.1, -0.05) is 6.42 Å². The Labute approximate surface area is 73.0 Å². The largest absolute Gasteiger partial charge is 0.481 e. The van der Waals surface area contributed by atoms with Gasteiger partial charge in [-0.3, -0.25) is 4.79 Å². The van der Waals surface area contributed by atoms with Gasteiger partial charge in [-0.05, 0) is 26.2 Å². The second-order valence-electron chi connectivity index (χ2n) is 3.37. The maximum atomic E-state index is 10.8. The second kappa shape index (κ2) is 3.62. The lowest BCUT2D eigenvalue weighted by atomic mass is 9.66. The zero-order valence-electron chi connectivity index (χ0n) is 7.39. The zero-order valence-corrected chi connectivity index (χ0v) is 7.39. The second-order valence-corrected chi connectivity index (χ2v) is 3.37. The Kier molecular flexibility index (Phi) is 2.75.